The zero-order valence-electron chi connectivity index (χ0n) is 19.8. The maximum Gasteiger partial charge on any atom is 0.266 e. The molecule has 2 amide bonds. The van der Waals surface area contributed by atoms with Crippen LogP contribution in [0.4, 0.5) is 5.82 Å². The maximum atomic E-state index is 12.6. The number of carbonyl (C=O) groups is 2. The summed E-state index contributed by atoms with van der Waals surface area (Å²) in [5, 5.41) is 6.24. The van der Waals surface area contributed by atoms with Crippen LogP contribution in [0.3, 0.4) is 0 Å². The minimum absolute atomic E-state index is 0.00623. The van der Waals surface area contributed by atoms with Gasteiger partial charge in [-0.1, -0.05) is 30.3 Å². The van der Waals surface area contributed by atoms with Crippen LogP contribution < -0.4 is 15.4 Å². The van der Waals surface area contributed by atoms with Gasteiger partial charge in [0.25, 0.3) is 5.91 Å². The topological polar surface area (TPSA) is 93.2 Å². The molecule has 2 saturated carbocycles. The summed E-state index contributed by atoms with van der Waals surface area (Å²) in [6.07, 6.45) is 8.75. The molecule has 35 heavy (non-hydrogen) atoms. The van der Waals surface area contributed by atoms with Crippen molar-refractivity contribution in [2.75, 3.05) is 12.4 Å². The lowest BCUT2D eigenvalue weighted by molar-refractivity contribution is -0.117. The minimum Gasteiger partial charge on any atom is -0.473 e. The summed E-state index contributed by atoms with van der Waals surface area (Å²) >= 11 is 1.29. The van der Waals surface area contributed by atoms with Crippen LogP contribution in [-0.4, -0.2) is 34.9 Å². The Hall–Kier alpha value is -3.26. The summed E-state index contributed by atoms with van der Waals surface area (Å²) in [6, 6.07) is 14.3. The standard InChI is InChI=1S/C27H30N4O3S/c1-28-25(33)23-26(34-21-11-7-18(8-12-21)15-17-5-3-2-4-6-17)31-27(35-23)20-13-14-29-22(16-20)30-24(32)19-9-10-19/h2-6,13-14,16,18-19,21H,7-12,15H2,1H3,(H,28,33)(H,29,30,32). The van der Waals surface area contributed by atoms with Gasteiger partial charge in [-0.15, -0.1) is 11.3 Å². The van der Waals surface area contributed by atoms with Crippen molar-refractivity contribution in [1.82, 2.24) is 15.3 Å². The van der Waals surface area contributed by atoms with E-state index in [1.807, 2.05) is 6.07 Å². The molecule has 182 valence electrons. The molecular formula is C27H30N4O3S. The van der Waals surface area contributed by atoms with E-state index >= 15 is 0 Å². The predicted molar refractivity (Wildman–Crippen MR) is 137 cm³/mol. The highest BCUT2D eigenvalue weighted by Gasteiger charge is 2.30. The molecule has 0 aliphatic heterocycles. The van der Waals surface area contributed by atoms with E-state index in [-0.39, 0.29) is 23.8 Å². The molecule has 5 rings (SSSR count). The first-order chi connectivity index (χ1) is 17.1. The van der Waals surface area contributed by atoms with E-state index in [0.29, 0.717) is 27.5 Å². The van der Waals surface area contributed by atoms with Crippen LogP contribution in [0.1, 0.15) is 53.8 Å². The molecule has 0 saturated heterocycles. The number of benzene rings is 1. The summed E-state index contributed by atoms with van der Waals surface area (Å²) in [6.45, 7) is 0. The molecule has 0 spiro atoms. The van der Waals surface area contributed by atoms with Crippen molar-refractivity contribution in [3.8, 4) is 16.5 Å². The lowest BCUT2D eigenvalue weighted by atomic mass is 9.83. The normalized spacial score (nSPS) is 19.7. The number of pyridine rings is 1. The number of amides is 2. The van der Waals surface area contributed by atoms with Crippen molar-refractivity contribution in [2.24, 2.45) is 11.8 Å². The molecule has 2 aliphatic carbocycles. The molecule has 2 aromatic heterocycles. The Morgan fingerprint density at radius 1 is 1.06 bits per heavy atom. The van der Waals surface area contributed by atoms with Gasteiger partial charge in [0.05, 0.1) is 0 Å². The molecular weight excluding hydrogens is 460 g/mol. The molecule has 7 nitrogen and oxygen atoms in total. The number of ether oxygens (including phenoxy) is 1. The Morgan fingerprint density at radius 3 is 2.54 bits per heavy atom. The average Bonchev–Trinajstić information content (AvgIpc) is 3.66. The zero-order valence-corrected chi connectivity index (χ0v) is 20.6. The van der Waals surface area contributed by atoms with Crippen LogP contribution in [0.5, 0.6) is 5.88 Å². The number of nitrogens with one attached hydrogen (secondary N) is 2. The third-order valence-corrected chi connectivity index (χ3v) is 7.76. The number of rotatable bonds is 8. The fraction of sp³-hybridized carbons (Fsp3) is 0.407. The highest BCUT2D eigenvalue weighted by molar-refractivity contribution is 7.17. The SMILES string of the molecule is CNC(=O)c1sc(-c2ccnc(NC(=O)C3CC3)c2)nc1OC1CCC(Cc2ccccc2)CC1. The number of carbonyl (C=O) groups excluding carboxylic acids is 2. The van der Waals surface area contributed by atoms with Crippen molar-refractivity contribution in [1.29, 1.82) is 0 Å². The fourth-order valence-electron chi connectivity index (χ4n) is 4.53. The maximum absolute atomic E-state index is 12.6. The first-order valence-corrected chi connectivity index (χ1v) is 13.1. The second-order valence-corrected chi connectivity index (χ2v) is 10.4. The fourth-order valence-corrected chi connectivity index (χ4v) is 5.47. The summed E-state index contributed by atoms with van der Waals surface area (Å²) in [4.78, 5) is 34.1. The molecule has 0 bridgehead atoms. The number of aromatic nitrogens is 2. The van der Waals surface area contributed by atoms with E-state index in [9.17, 15) is 9.59 Å². The highest BCUT2D eigenvalue weighted by atomic mass is 32.1. The summed E-state index contributed by atoms with van der Waals surface area (Å²) in [5.41, 5.74) is 2.18. The molecule has 8 heteroatoms. The second-order valence-electron chi connectivity index (χ2n) is 9.38. The van der Waals surface area contributed by atoms with Crippen molar-refractivity contribution in [3.63, 3.8) is 0 Å². The third-order valence-electron chi connectivity index (χ3n) is 6.67. The van der Waals surface area contributed by atoms with Crippen LogP contribution in [0.2, 0.25) is 0 Å². The van der Waals surface area contributed by atoms with Gasteiger partial charge in [-0.25, -0.2) is 9.97 Å². The van der Waals surface area contributed by atoms with E-state index < -0.39 is 0 Å². The molecule has 0 atom stereocenters. The van der Waals surface area contributed by atoms with Crippen LogP contribution in [0.15, 0.2) is 48.7 Å². The van der Waals surface area contributed by atoms with Crippen molar-refractivity contribution < 1.29 is 14.3 Å². The average molecular weight is 491 g/mol. The molecule has 3 aromatic rings. The van der Waals surface area contributed by atoms with Gasteiger partial charge in [-0.2, -0.15) is 0 Å². The van der Waals surface area contributed by atoms with E-state index in [1.165, 1.54) is 16.9 Å². The largest absolute Gasteiger partial charge is 0.473 e. The van der Waals surface area contributed by atoms with Gasteiger partial charge in [-0.3, -0.25) is 9.59 Å². The van der Waals surface area contributed by atoms with E-state index in [1.54, 1.807) is 19.3 Å². The summed E-state index contributed by atoms with van der Waals surface area (Å²) in [7, 11) is 1.61. The van der Waals surface area contributed by atoms with Crippen LogP contribution in [0, 0.1) is 11.8 Å². The van der Waals surface area contributed by atoms with Gasteiger partial charge in [-0.05, 0) is 68.6 Å². The first-order valence-electron chi connectivity index (χ1n) is 12.3. The van der Waals surface area contributed by atoms with Crippen molar-refractivity contribution >= 4 is 29.0 Å². The Morgan fingerprint density at radius 2 is 1.83 bits per heavy atom. The van der Waals surface area contributed by atoms with E-state index in [2.05, 4.69) is 45.9 Å². The quantitative estimate of drug-likeness (QED) is 0.459. The Balaban J connectivity index is 1.27. The van der Waals surface area contributed by atoms with Gasteiger partial charge in [0.15, 0.2) is 4.88 Å². The minimum atomic E-state index is -0.210. The van der Waals surface area contributed by atoms with Crippen LogP contribution >= 0.6 is 11.3 Å². The lowest BCUT2D eigenvalue weighted by Gasteiger charge is -2.28. The predicted octanol–water partition coefficient (Wildman–Crippen LogP) is 5.09. The summed E-state index contributed by atoms with van der Waals surface area (Å²) < 4.78 is 6.30. The zero-order chi connectivity index (χ0) is 24.2. The monoisotopic (exact) mass is 490 g/mol. The first kappa shape index (κ1) is 23.5. The van der Waals surface area contributed by atoms with E-state index in [4.69, 9.17) is 9.72 Å². The van der Waals surface area contributed by atoms with Gasteiger partial charge in [0.2, 0.25) is 11.8 Å². The summed E-state index contributed by atoms with van der Waals surface area (Å²) in [5.74, 6) is 1.43. The van der Waals surface area contributed by atoms with Gasteiger partial charge >= 0.3 is 0 Å². The molecule has 2 N–H and O–H groups in total. The number of nitrogens with zero attached hydrogens (tertiary/aromatic N) is 2. The van der Waals surface area contributed by atoms with Crippen molar-refractivity contribution in [3.05, 3.63) is 59.1 Å². The highest BCUT2D eigenvalue weighted by Crippen LogP contribution is 2.36. The van der Waals surface area contributed by atoms with Gasteiger partial charge in [0.1, 0.15) is 16.9 Å². The molecule has 0 radical (unpaired) electrons. The van der Waals surface area contributed by atoms with Crippen LogP contribution in [0.25, 0.3) is 10.6 Å². The number of hydrogen-bond donors (Lipinski definition) is 2. The molecule has 1 aromatic carbocycles. The number of anilines is 1. The Kier molecular flexibility index (Phi) is 7.08. The Labute approximate surface area is 209 Å². The van der Waals surface area contributed by atoms with Gasteiger partial charge in [0, 0.05) is 24.7 Å². The number of hydrogen-bond acceptors (Lipinski definition) is 6. The van der Waals surface area contributed by atoms with Gasteiger partial charge < -0.3 is 15.4 Å². The van der Waals surface area contributed by atoms with E-state index in [0.717, 1.165) is 50.5 Å². The third kappa shape index (κ3) is 5.88. The molecule has 2 heterocycles. The lowest BCUT2D eigenvalue weighted by Crippen LogP contribution is -2.26. The van der Waals surface area contributed by atoms with Crippen LogP contribution in [-0.2, 0) is 11.2 Å². The van der Waals surface area contributed by atoms with Crippen molar-refractivity contribution in [2.45, 2.75) is 51.0 Å². The molecule has 2 aliphatic rings. The smallest absolute Gasteiger partial charge is 0.266 e. The molecule has 0 unspecified atom stereocenters. The number of thiazole rings is 1. The second kappa shape index (κ2) is 10.6. The Bertz CT molecular complexity index is 1180. The molecule has 2 fully saturated rings.